The van der Waals surface area contributed by atoms with Gasteiger partial charge in [-0.3, -0.25) is 0 Å². The van der Waals surface area contributed by atoms with Crippen molar-refractivity contribution in [3.05, 3.63) is 17.0 Å². The van der Waals surface area contributed by atoms with Crippen LogP contribution in [-0.2, 0) is 12.8 Å². The van der Waals surface area contributed by atoms with Crippen molar-refractivity contribution in [3.8, 4) is 0 Å². The van der Waals surface area contributed by atoms with Crippen LogP contribution < -0.4 is 11.5 Å². The Labute approximate surface area is 101 Å². The van der Waals surface area contributed by atoms with E-state index in [-0.39, 0.29) is 11.4 Å². The molecule has 1 unspecified atom stereocenters. The van der Waals surface area contributed by atoms with Crippen LogP contribution in [0.25, 0.3) is 0 Å². The van der Waals surface area contributed by atoms with Crippen LogP contribution in [0.2, 0.25) is 0 Å². The van der Waals surface area contributed by atoms with Gasteiger partial charge < -0.3 is 16.6 Å². The molecule has 0 fully saturated rings. The number of aromatic nitrogens is 2. The lowest BCUT2D eigenvalue weighted by Gasteiger charge is -2.34. The lowest BCUT2D eigenvalue weighted by molar-refractivity contribution is 0.0968. The molecule has 0 aromatic carbocycles. The molecule has 0 amide bonds. The Morgan fingerprint density at radius 1 is 1.41 bits per heavy atom. The fraction of sp³-hybridized carbons (Fsp3) is 0.667. The SMILES string of the molecule is CC1(C)Cc2nc(N)nc(CCN)c2C(O)C1. The van der Waals surface area contributed by atoms with E-state index in [1.165, 1.54) is 0 Å². The van der Waals surface area contributed by atoms with Crippen LogP contribution in [0.1, 0.15) is 43.3 Å². The molecule has 5 N–H and O–H groups in total. The van der Waals surface area contributed by atoms with Gasteiger partial charge in [0.2, 0.25) is 5.95 Å². The minimum Gasteiger partial charge on any atom is -0.388 e. The number of aliphatic hydroxyl groups excluding tert-OH is 1. The van der Waals surface area contributed by atoms with Crippen molar-refractivity contribution in [1.82, 2.24) is 9.97 Å². The molecule has 0 spiro atoms. The van der Waals surface area contributed by atoms with E-state index in [2.05, 4.69) is 23.8 Å². The molecule has 0 aliphatic heterocycles. The summed E-state index contributed by atoms with van der Waals surface area (Å²) in [6.07, 6.45) is 1.68. The van der Waals surface area contributed by atoms with Gasteiger partial charge in [-0.2, -0.15) is 0 Å². The van der Waals surface area contributed by atoms with Crippen molar-refractivity contribution in [2.45, 2.75) is 39.2 Å². The number of anilines is 1. The zero-order valence-electron chi connectivity index (χ0n) is 10.4. The lowest BCUT2D eigenvalue weighted by atomic mass is 9.74. The van der Waals surface area contributed by atoms with Gasteiger partial charge in [-0.15, -0.1) is 0 Å². The number of hydrogen-bond acceptors (Lipinski definition) is 5. The smallest absolute Gasteiger partial charge is 0.220 e. The van der Waals surface area contributed by atoms with Crippen LogP contribution in [0.5, 0.6) is 0 Å². The van der Waals surface area contributed by atoms with Crippen LogP contribution in [0.3, 0.4) is 0 Å². The van der Waals surface area contributed by atoms with E-state index in [1.54, 1.807) is 0 Å². The van der Waals surface area contributed by atoms with E-state index < -0.39 is 6.10 Å². The maximum Gasteiger partial charge on any atom is 0.220 e. The number of nitrogens with zero attached hydrogens (tertiary/aromatic N) is 2. The highest BCUT2D eigenvalue weighted by atomic mass is 16.3. The highest BCUT2D eigenvalue weighted by molar-refractivity contribution is 5.36. The Bertz CT molecular complexity index is 431. The van der Waals surface area contributed by atoms with E-state index in [4.69, 9.17) is 11.5 Å². The quantitative estimate of drug-likeness (QED) is 0.697. The molecule has 1 aromatic heterocycles. The Balaban J connectivity index is 2.50. The molecular weight excluding hydrogens is 216 g/mol. The second-order valence-corrected chi connectivity index (χ2v) is 5.49. The molecule has 1 heterocycles. The minimum atomic E-state index is -0.504. The molecule has 1 atom stereocenters. The van der Waals surface area contributed by atoms with Gasteiger partial charge in [0.15, 0.2) is 0 Å². The Kier molecular flexibility index (Phi) is 3.05. The summed E-state index contributed by atoms with van der Waals surface area (Å²) < 4.78 is 0. The molecule has 17 heavy (non-hydrogen) atoms. The zero-order chi connectivity index (χ0) is 12.6. The van der Waals surface area contributed by atoms with Crippen LogP contribution in [-0.4, -0.2) is 21.6 Å². The number of hydrogen-bond donors (Lipinski definition) is 3. The number of nitrogens with two attached hydrogens (primary N) is 2. The van der Waals surface area contributed by atoms with Crippen molar-refractivity contribution in [3.63, 3.8) is 0 Å². The molecule has 94 valence electrons. The molecule has 0 saturated heterocycles. The van der Waals surface area contributed by atoms with Crippen LogP contribution in [0, 0.1) is 5.41 Å². The normalized spacial score (nSPS) is 22.2. The topological polar surface area (TPSA) is 98.0 Å². The van der Waals surface area contributed by atoms with E-state index in [1.807, 2.05) is 0 Å². The largest absolute Gasteiger partial charge is 0.388 e. The predicted octanol–water partition coefficient (Wildman–Crippen LogP) is 0.566. The van der Waals surface area contributed by atoms with Gasteiger partial charge in [-0.25, -0.2) is 9.97 Å². The third kappa shape index (κ3) is 2.40. The Morgan fingerprint density at radius 3 is 2.76 bits per heavy atom. The summed E-state index contributed by atoms with van der Waals surface area (Å²) in [6, 6.07) is 0. The number of nitrogen functional groups attached to an aromatic ring is 1. The van der Waals surface area contributed by atoms with E-state index >= 15 is 0 Å². The molecule has 1 aliphatic rings. The minimum absolute atomic E-state index is 0.0488. The van der Waals surface area contributed by atoms with Crippen molar-refractivity contribution in [2.75, 3.05) is 12.3 Å². The second kappa shape index (κ2) is 4.23. The first-order valence-corrected chi connectivity index (χ1v) is 5.96. The first kappa shape index (κ1) is 12.3. The standard InChI is InChI=1S/C12H20N4O/c1-12(2)5-8-10(9(17)6-12)7(3-4-13)15-11(14)16-8/h9,17H,3-6,13H2,1-2H3,(H2,14,15,16). The average molecular weight is 236 g/mol. The lowest BCUT2D eigenvalue weighted by Crippen LogP contribution is -2.29. The Morgan fingerprint density at radius 2 is 2.12 bits per heavy atom. The predicted molar refractivity (Wildman–Crippen MR) is 66.3 cm³/mol. The van der Waals surface area contributed by atoms with Gasteiger partial charge in [-0.05, 0) is 24.8 Å². The molecular formula is C12H20N4O. The van der Waals surface area contributed by atoms with Crippen LogP contribution >= 0.6 is 0 Å². The van der Waals surface area contributed by atoms with Gasteiger partial charge in [0.05, 0.1) is 17.5 Å². The summed E-state index contributed by atoms with van der Waals surface area (Å²) in [7, 11) is 0. The van der Waals surface area contributed by atoms with Gasteiger partial charge in [-0.1, -0.05) is 13.8 Å². The molecule has 0 saturated carbocycles. The third-order valence-corrected chi connectivity index (χ3v) is 3.23. The van der Waals surface area contributed by atoms with E-state index in [0.29, 0.717) is 13.0 Å². The van der Waals surface area contributed by atoms with Crippen molar-refractivity contribution in [1.29, 1.82) is 0 Å². The van der Waals surface area contributed by atoms with E-state index in [0.717, 1.165) is 29.8 Å². The second-order valence-electron chi connectivity index (χ2n) is 5.49. The molecule has 5 heteroatoms. The monoisotopic (exact) mass is 236 g/mol. The summed E-state index contributed by atoms with van der Waals surface area (Å²) in [5.74, 6) is 0.275. The maximum absolute atomic E-state index is 10.2. The van der Waals surface area contributed by atoms with E-state index in [9.17, 15) is 5.11 Å². The van der Waals surface area contributed by atoms with Crippen molar-refractivity contribution >= 4 is 5.95 Å². The number of rotatable bonds is 2. The molecule has 5 nitrogen and oxygen atoms in total. The molecule has 0 bridgehead atoms. The average Bonchev–Trinajstić information content (AvgIpc) is 2.13. The first-order valence-electron chi connectivity index (χ1n) is 5.96. The molecule has 2 rings (SSSR count). The summed E-state index contributed by atoms with van der Waals surface area (Å²) >= 11 is 0. The molecule has 0 radical (unpaired) electrons. The summed E-state index contributed by atoms with van der Waals surface area (Å²) in [4.78, 5) is 8.47. The third-order valence-electron chi connectivity index (χ3n) is 3.23. The maximum atomic E-state index is 10.2. The van der Waals surface area contributed by atoms with Crippen molar-refractivity contribution in [2.24, 2.45) is 11.1 Å². The van der Waals surface area contributed by atoms with Gasteiger partial charge >= 0.3 is 0 Å². The highest BCUT2D eigenvalue weighted by Crippen LogP contribution is 2.41. The zero-order valence-corrected chi connectivity index (χ0v) is 10.4. The van der Waals surface area contributed by atoms with Gasteiger partial charge in [0.1, 0.15) is 0 Å². The van der Waals surface area contributed by atoms with Crippen LogP contribution in [0.4, 0.5) is 5.95 Å². The first-order chi connectivity index (χ1) is 7.93. The fourth-order valence-corrected chi connectivity index (χ4v) is 2.59. The Hall–Kier alpha value is -1.20. The highest BCUT2D eigenvalue weighted by Gasteiger charge is 2.34. The van der Waals surface area contributed by atoms with Gasteiger partial charge in [0.25, 0.3) is 0 Å². The molecule has 1 aliphatic carbocycles. The fourth-order valence-electron chi connectivity index (χ4n) is 2.59. The van der Waals surface area contributed by atoms with Crippen LogP contribution in [0.15, 0.2) is 0 Å². The summed E-state index contributed by atoms with van der Waals surface area (Å²) in [5, 5.41) is 10.2. The summed E-state index contributed by atoms with van der Waals surface area (Å²) in [5.41, 5.74) is 13.8. The van der Waals surface area contributed by atoms with Crippen molar-refractivity contribution < 1.29 is 5.11 Å². The van der Waals surface area contributed by atoms with Gasteiger partial charge in [0, 0.05) is 12.0 Å². The number of aliphatic hydroxyl groups is 1. The number of fused-ring (bicyclic) bond motifs is 1. The summed E-state index contributed by atoms with van der Waals surface area (Å²) in [6.45, 7) is 4.75. The molecule has 1 aromatic rings.